The molecular weight excluding hydrogens is 318 g/mol. The maximum atomic E-state index is 11.0. The smallest absolute Gasteiger partial charge is 0.255 e. The molecule has 0 aliphatic carbocycles. The molecule has 0 radical (unpaired) electrons. The highest BCUT2D eigenvalue weighted by atomic mass is 16.5. The van der Waals surface area contributed by atoms with Crippen LogP contribution in [0.25, 0.3) is 0 Å². The van der Waals surface area contributed by atoms with Gasteiger partial charge >= 0.3 is 0 Å². The van der Waals surface area contributed by atoms with Crippen molar-refractivity contribution >= 4 is 5.91 Å². The molecule has 1 aliphatic heterocycles. The topological polar surface area (TPSA) is 70.8 Å². The predicted octanol–water partition coefficient (Wildman–Crippen LogP) is 2.66. The van der Waals surface area contributed by atoms with Crippen molar-refractivity contribution in [1.82, 2.24) is 0 Å². The number of carbonyl (C=O) groups excluding carboxylic acids is 1. The molecule has 0 fully saturated rings. The molecule has 1 amide bonds. The van der Waals surface area contributed by atoms with E-state index in [9.17, 15) is 4.79 Å². The minimum Gasteiger partial charge on any atom is -0.497 e. The lowest BCUT2D eigenvalue weighted by Crippen LogP contribution is -2.24. The molecule has 1 aliphatic rings. The fourth-order valence-corrected chi connectivity index (χ4v) is 3.14. The number of hydrogen-bond acceptors (Lipinski definition) is 4. The zero-order chi connectivity index (χ0) is 17.8. The average molecular weight is 341 g/mol. The van der Waals surface area contributed by atoms with Crippen molar-refractivity contribution in [2.75, 3.05) is 20.3 Å². The van der Waals surface area contributed by atoms with Crippen molar-refractivity contribution in [2.45, 2.75) is 19.8 Å². The van der Waals surface area contributed by atoms with E-state index in [1.807, 2.05) is 31.2 Å². The van der Waals surface area contributed by atoms with Crippen molar-refractivity contribution in [3.8, 4) is 17.2 Å². The van der Waals surface area contributed by atoms with E-state index in [1.165, 1.54) is 5.56 Å². The average Bonchev–Trinajstić information content (AvgIpc) is 2.60. The van der Waals surface area contributed by atoms with Crippen LogP contribution in [0.2, 0.25) is 0 Å². The van der Waals surface area contributed by atoms with Crippen LogP contribution in [0, 0.1) is 12.8 Å². The molecule has 1 heterocycles. The Bertz CT molecular complexity index is 772. The first-order valence-corrected chi connectivity index (χ1v) is 8.35. The van der Waals surface area contributed by atoms with Gasteiger partial charge in [-0.1, -0.05) is 23.8 Å². The van der Waals surface area contributed by atoms with E-state index < -0.39 is 5.91 Å². The van der Waals surface area contributed by atoms with Gasteiger partial charge in [0.2, 0.25) is 0 Å². The lowest BCUT2D eigenvalue weighted by molar-refractivity contribution is -0.119. The van der Waals surface area contributed by atoms with Crippen molar-refractivity contribution in [2.24, 2.45) is 11.7 Å². The highest BCUT2D eigenvalue weighted by molar-refractivity contribution is 5.75. The highest BCUT2D eigenvalue weighted by Gasteiger charge is 2.22. The van der Waals surface area contributed by atoms with Crippen LogP contribution in [-0.4, -0.2) is 26.2 Å². The molecule has 5 heteroatoms. The second-order valence-electron chi connectivity index (χ2n) is 6.43. The Balaban J connectivity index is 1.74. The summed E-state index contributed by atoms with van der Waals surface area (Å²) in [5, 5.41) is 0. The van der Waals surface area contributed by atoms with Crippen molar-refractivity contribution < 1.29 is 19.0 Å². The number of benzene rings is 2. The number of amides is 1. The van der Waals surface area contributed by atoms with Crippen molar-refractivity contribution in [1.29, 1.82) is 0 Å². The summed E-state index contributed by atoms with van der Waals surface area (Å²) in [4.78, 5) is 11.0. The zero-order valence-electron chi connectivity index (χ0n) is 14.6. The number of primary amides is 1. The number of carbonyl (C=O) groups is 1. The Labute approximate surface area is 147 Å². The van der Waals surface area contributed by atoms with Gasteiger partial charge in [-0.3, -0.25) is 4.79 Å². The van der Waals surface area contributed by atoms with Crippen molar-refractivity contribution in [3.63, 3.8) is 0 Å². The molecule has 2 aromatic rings. The summed E-state index contributed by atoms with van der Waals surface area (Å²) in [6.07, 6.45) is 1.75. The van der Waals surface area contributed by atoms with Crippen LogP contribution in [0.4, 0.5) is 0 Å². The number of hydrogen-bond donors (Lipinski definition) is 1. The fourth-order valence-electron chi connectivity index (χ4n) is 3.14. The molecule has 1 atom stereocenters. The standard InChI is InChI=1S/C20H23NO4/c1-13-3-6-18(25-12-20(21)22)16(7-13)9-14-8-15-4-5-17(23-2)10-19(15)24-11-14/h3-7,10,14H,8-9,11-12H2,1-2H3,(H2,21,22)/t14-/m1/s1. The molecule has 25 heavy (non-hydrogen) atoms. The van der Waals surface area contributed by atoms with Crippen LogP contribution in [0.3, 0.4) is 0 Å². The van der Waals surface area contributed by atoms with Gasteiger partial charge < -0.3 is 19.9 Å². The first kappa shape index (κ1) is 17.1. The van der Waals surface area contributed by atoms with Crippen LogP contribution in [0.1, 0.15) is 16.7 Å². The Hall–Kier alpha value is -2.69. The van der Waals surface area contributed by atoms with Crippen LogP contribution >= 0.6 is 0 Å². The van der Waals surface area contributed by atoms with Crippen LogP contribution in [0.5, 0.6) is 17.2 Å². The molecule has 0 aromatic heterocycles. The Morgan fingerprint density at radius 1 is 1.28 bits per heavy atom. The predicted molar refractivity (Wildman–Crippen MR) is 95.3 cm³/mol. The van der Waals surface area contributed by atoms with Gasteiger partial charge in [-0.25, -0.2) is 0 Å². The van der Waals surface area contributed by atoms with Crippen LogP contribution in [0.15, 0.2) is 36.4 Å². The van der Waals surface area contributed by atoms with Gasteiger partial charge in [0.1, 0.15) is 17.2 Å². The molecule has 0 bridgehead atoms. The summed E-state index contributed by atoms with van der Waals surface area (Å²) in [6.45, 7) is 2.57. The third-order valence-corrected chi connectivity index (χ3v) is 4.35. The van der Waals surface area contributed by atoms with Crippen LogP contribution < -0.4 is 19.9 Å². The maximum Gasteiger partial charge on any atom is 0.255 e. The molecule has 0 saturated carbocycles. The van der Waals surface area contributed by atoms with E-state index in [4.69, 9.17) is 19.9 Å². The molecule has 2 aromatic carbocycles. The molecule has 2 N–H and O–H groups in total. The molecule has 0 saturated heterocycles. The minimum atomic E-state index is -0.476. The second kappa shape index (κ2) is 7.47. The van der Waals surface area contributed by atoms with Crippen LogP contribution in [-0.2, 0) is 17.6 Å². The van der Waals surface area contributed by atoms with E-state index in [1.54, 1.807) is 7.11 Å². The Kier molecular flexibility index (Phi) is 5.12. The van der Waals surface area contributed by atoms with Gasteiger partial charge in [0, 0.05) is 12.0 Å². The zero-order valence-corrected chi connectivity index (χ0v) is 14.6. The number of fused-ring (bicyclic) bond motifs is 1. The van der Waals surface area contributed by atoms with Gasteiger partial charge in [0.15, 0.2) is 6.61 Å². The number of aryl methyl sites for hydroxylation is 1. The van der Waals surface area contributed by atoms with E-state index in [-0.39, 0.29) is 6.61 Å². The number of nitrogens with two attached hydrogens (primary N) is 1. The summed E-state index contributed by atoms with van der Waals surface area (Å²) in [5.41, 5.74) is 8.60. The number of ether oxygens (including phenoxy) is 3. The first-order valence-electron chi connectivity index (χ1n) is 8.35. The fraction of sp³-hybridized carbons (Fsp3) is 0.350. The number of rotatable bonds is 6. The lowest BCUT2D eigenvalue weighted by Gasteiger charge is -2.26. The molecule has 3 rings (SSSR count). The van der Waals surface area contributed by atoms with Crippen molar-refractivity contribution in [3.05, 3.63) is 53.1 Å². The van der Waals surface area contributed by atoms with E-state index in [2.05, 4.69) is 12.1 Å². The van der Waals surface area contributed by atoms with Gasteiger partial charge in [-0.05, 0) is 43.0 Å². The third kappa shape index (κ3) is 4.24. The van der Waals surface area contributed by atoms with E-state index >= 15 is 0 Å². The first-order chi connectivity index (χ1) is 12.0. The summed E-state index contributed by atoms with van der Waals surface area (Å²) in [5.74, 6) is 2.28. The summed E-state index contributed by atoms with van der Waals surface area (Å²) < 4.78 is 16.7. The summed E-state index contributed by atoms with van der Waals surface area (Å²) >= 11 is 0. The number of methoxy groups -OCH3 is 1. The quantitative estimate of drug-likeness (QED) is 0.877. The monoisotopic (exact) mass is 341 g/mol. The highest BCUT2D eigenvalue weighted by Crippen LogP contribution is 2.33. The molecule has 5 nitrogen and oxygen atoms in total. The molecule has 0 spiro atoms. The maximum absolute atomic E-state index is 11.0. The second-order valence-corrected chi connectivity index (χ2v) is 6.43. The minimum absolute atomic E-state index is 0.111. The molecular formula is C20H23NO4. The normalized spacial score (nSPS) is 15.8. The van der Waals surface area contributed by atoms with Gasteiger partial charge in [0.05, 0.1) is 13.7 Å². The summed E-state index contributed by atoms with van der Waals surface area (Å²) in [7, 11) is 1.65. The lowest BCUT2D eigenvalue weighted by atomic mass is 9.90. The molecule has 132 valence electrons. The SMILES string of the molecule is COc1ccc2c(c1)OC[C@@H](Cc1cc(C)ccc1OCC(N)=O)C2. The Morgan fingerprint density at radius 2 is 2.12 bits per heavy atom. The van der Waals surface area contributed by atoms with E-state index in [0.717, 1.165) is 35.5 Å². The van der Waals surface area contributed by atoms with E-state index in [0.29, 0.717) is 18.3 Å². The van der Waals surface area contributed by atoms with Gasteiger partial charge in [-0.2, -0.15) is 0 Å². The summed E-state index contributed by atoms with van der Waals surface area (Å²) in [6, 6.07) is 11.9. The Morgan fingerprint density at radius 3 is 2.88 bits per heavy atom. The molecule has 0 unspecified atom stereocenters. The van der Waals surface area contributed by atoms with Gasteiger partial charge in [-0.15, -0.1) is 0 Å². The van der Waals surface area contributed by atoms with Gasteiger partial charge in [0.25, 0.3) is 5.91 Å². The largest absolute Gasteiger partial charge is 0.497 e. The third-order valence-electron chi connectivity index (χ3n) is 4.35.